The Balaban J connectivity index is 1.72. The first-order valence-corrected chi connectivity index (χ1v) is 9.26. The second-order valence-electron chi connectivity index (χ2n) is 6.17. The summed E-state index contributed by atoms with van der Waals surface area (Å²) in [5.74, 6) is 0.0862. The smallest absolute Gasteiger partial charge is 0.266 e. The SMILES string of the molecule is CCOc1ccccc1NC(=O)/C(C#N)=C/c1ccc(Nc2ccccc2)cc1. The number of carbonyl (C=O) groups excluding carboxylic acids is 1. The Hall–Kier alpha value is -4.04. The molecule has 0 bridgehead atoms. The van der Waals surface area contributed by atoms with E-state index in [-0.39, 0.29) is 5.57 Å². The summed E-state index contributed by atoms with van der Waals surface area (Å²) in [4.78, 5) is 12.5. The molecule has 0 atom stereocenters. The fourth-order valence-electron chi connectivity index (χ4n) is 2.71. The first-order valence-electron chi connectivity index (χ1n) is 9.26. The van der Waals surface area contributed by atoms with Gasteiger partial charge in [0, 0.05) is 11.4 Å². The molecule has 0 heterocycles. The Labute approximate surface area is 170 Å². The van der Waals surface area contributed by atoms with Gasteiger partial charge in [0.25, 0.3) is 5.91 Å². The molecule has 3 rings (SSSR count). The zero-order valence-corrected chi connectivity index (χ0v) is 16.1. The number of amides is 1. The normalized spacial score (nSPS) is 10.7. The topological polar surface area (TPSA) is 74.1 Å². The number of nitrogens with one attached hydrogen (secondary N) is 2. The number of anilines is 3. The van der Waals surface area contributed by atoms with Crippen molar-refractivity contribution < 1.29 is 9.53 Å². The highest BCUT2D eigenvalue weighted by molar-refractivity contribution is 6.10. The van der Waals surface area contributed by atoms with Crippen LogP contribution in [-0.2, 0) is 4.79 Å². The summed E-state index contributed by atoms with van der Waals surface area (Å²) in [6.45, 7) is 2.35. The van der Waals surface area contributed by atoms with Crippen molar-refractivity contribution in [1.29, 1.82) is 5.26 Å². The number of rotatable bonds is 7. The quantitative estimate of drug-likeness (QED) is 0.425. The van der Waals surface area contributed by atoms with Crippen LogP contribution < -0.4 is 15.4 Å². The molecule has 0 radical (unpaired) electrons. The van der Waals surface area contributed by atoms with Gasteiger partial charge in [-0.3, -0.25) is 4.79 Å². The van der Waals surface area contributed by atoms with Crippen molar-refractivity contribution in [2.24, 2.45) is 0 Å². The minimum Gasteiger partial charge on any atom is -0.492 e. The lowest BCUT2D eigenvalue weighted by atomic mass is 10.1. The third-order valence-electron chi connectivity index (χ3n) is 4.08. The molecule has 0 fully saturated rings. The highest BCUT2D eigenvalue weighted by atomic mass is 16.5. The van der Waals surface area contributed by atoms with E-state index in [1.54, 1.807) is 24.3 Å². The standard InChI is InChI=1S/C24H21N3O2/c1-2-29-23-11-7-6-10-22(23)27-24(28)19(17-25)16-18-12-14-21(15-13-18)26-20-8-4-3-5-9-20/h3-16,26H,2H2,1H3,(H,27,28)/b19-16+. The average molecular weight is 383 g/mol. The van der Waals surface area contributed by atoms with E-state index in [4.69, 9.17) is 4.74 Å². The molecule has 0 saturated heterocycles. The van der Waals surface area contributed by atoms with Crippen LogP contribution in [0.1, 0.15) is 12.5 Å². The van der Waals surface area contributed by atoms with Crippen LogP contribution in [0, 0.1) is 11.3 Å². The van der Waals surface area contributed by atoms with Crippen molar-refractivity contribution in [3.63, 3.8) is 0 Å². The Morgan fingerprint density at radius 1 is 0.966 bits per heavy atom. The van der Waals surface area contributed by atoms with E-state index < -0.39 is 5.91 Å². The summed E-state index contributed by atoms with van der Waals surface area (Å²) in [6.07, 6.45) is 1.56. The molecule has 1 amide bonds. The van der Waals surface area contributed by atoms with Crippen LogP contribution in [0.15, 0.2) is 84.4 Å². The molecule has 5 heteroatoms. The van der Waals surface area contributed by atoms with E-state index in [1.807, 2.05) is 73.7 Å². The maximum absolute atomic E-state index is 12.5. The fraction of sp³-hybridized carbons (Fsp3) is 0.0833. The van der Waals surface area contributed by atoms with Crippen LogP contribution in [0.5, 0.6) is 5.75 Å². The zero-order valence-electron chi connectivity index (χ0n) is 16.1. The van der Waals surface area contributed by atoms with Gasteiger partial charge >= 0.3 is 0 Å². The molecule has 0 spiro atoms. The van der Waals surface area contributed by atoms with Crippen molar-refractivity contribution in [2.75, 3.05) is 17.2 Å². The number of para-hydroxylation sites is 3. The van der Waals surface area contributed by atoms with Crippen molar-refractivity contribution in [1.82, 2.24) is 0 Å². The molecule has 0 saturated carbocycles. The zero-order chi connectivity index (χ0) is 20.5. The van der Waals surface area contributed by atoms with Crippen LogP contribution >= 0.6 is 0 Å². The maximum Gasteiger partial charge on any atom is 0.266 e. The minimum atomic E-state index is -0.480. The largest absolute Gasteiger partial charge is 0.492 e. The first kappa shape index (κ1) is 19.7. The molecule has 3 aromatic carbocycles. The van der Waals surface area contributed by atoms with Crippen molar-refractivity contribution in [3.05, 3.63) is 90.0 Å². The van der Waals surface area contributed by atoms with E-state index >= 15 is 0 Å². The number of hydrogen-bond donors (Lipinski definition) is 2. The Kier molecular flexibility index (Phi) is 6.64. The van der Waals surface area contributed by atoms with Gasteiger partial charge in [-0.25, -0.2) is 0 Å². The van der Waals surface area contributed by atoms with Crippen LogP contribution in [0.2, 0.25) is 0 Å². The summed E-state index contributed by atoms with van der Waals surface area (Å²) in [6, 6.07) is 26.4. The van der Waals surface area contributed by atoms with Gasteiger partial charge < -0.3 is 15.4 Å². The molecule has 0 aliphatic carbocycles. The van der Waals surface area contributed by atoms with Gasteiger partial charge in [0.2, 0.25) is 0 Å². The van der Waals surface area contributed by atoms with Gasteiger partial charge in [0.1, 0.15) is 17.4 Å². The summed E-state index contributed by atoms with van der Waals surface area (Å²) < 4.78 is 5.51. The number of hydrogen-bond acceptors (Lipinski definition) is 4. The van der Waals surface area contributed by atoms with Crippen LogP contribution in [0.3, 0.4) is 0 Å². The van der Waals surface area contributed by atoms with Crippen molar-refractivity contribution >= 4 is 29.0 Å². The molecule has 0 aromatic heterocycles. The van der Waals surface area contributed by atoms with Gasteiger partial charge in [-0.1, -0.05) is 42.5 Å². The second-order valence-corrected chi connectivity index (χ2v) is 6.17. The Morgan fingerprint density at radius 3 is 2.31 bits per heavy atom. The fourth-order valence-corrected chi connectivity index (χ4v) is 2.71. The molecule has 0 aliphatic heterocycles. The highest BCUT2D eigenvalue weighted by Gasteiger charge is 2.12. The molecular weight excluding hydrogens is 362 g/mol. The second kappa shape index (κ2) is 9.77. The van der Waals surface area contributed by atoms with Gasteiger partial charge in [0.15, 0.2) is 0 Å². The van der Waals surface area contributed by atoms with E-state index in [1.165, 1.54) is 0 Å². The maximum atomic E-state index is 12.5. The first-order chi connectivity index (χ1) is 14.2. The Morgan fingerprint density at radius 2 is 1.62 bits per heavy atom. The van der Waals surface area contributed by atoms with Crippen molar-refractivity contribution in [2.45, 2.75) is 6.92 Å². The van der Waals surface area contributed by atoms with Gasteiger partial charge in [-0.2, -0.15) is 5.26 Å². The number of nitrogens with zero attached hydrogens (tertiary/aromatic N) is 1. The predicted octanol–water partition coefficient (Wildman–Crippen LogP) is 5.37. The van der Waals surface area contributed by atoms with Crippen LogP contribution in [-0.4, -0.2) is 12.5 Å². The third kappa shape index (κ3) is 5.47. The monoisotopic (exact) mass is 383 g/mol. The molecule has 3 aromatic rings. The van der Waals surface area contributed by atoms with E-state index in [0.29, 0.717) is 18.0 Å². The van der Waals surface area contributed by atoms with Crippen LogP contribution in [0.25, 0.3) is 6.08 Å². The van der Waals surface area contributed by atoms with Gasteiger partial charge in [-0.05, 0) is 55.0 Å². The molecule has 144 valence electrons. The van der Waals surface area contributed by atoms with E-state index in [0.717, 1.165) is 16.9 Å². The summed E-state index contributed by atoms with van der Waals surface area (Å²) in [7, 11) is 0. The highest BCUT2D eigenvalue weighted by Crippen LogP contribution is 2.24. The predicted molar refractivity (Wildman–Crippen MR) is 116 cm³/mol. The van der Waals surface area contributed by atoms with Gasteiger partial charge in [-0.15, -0.1) is 0 Å². The number of nitriles is 1. The lowest BCUT2D eigenvalue weighted by molar-refractivity contribution is -0.112. The van der Waals surface area contributed by atoms with Gasteiger partial charge in [0.05, 0.1) is 12.3 Å². The van der Waals surface area contributed by atoms with E-state index in [9.17, 15) is 10.1 Å². The number of ether oxygens (including phenoxy) is 1. The molecule has 2 N–H and O–H groups in total. The summed E-state index contributed by atoms with van der Waals surface area (Å²) in [5.41, 5.74) is 3.21. The lowest BCUT2D eigenvalue weighted by Crippen LogP contribution is -2.14. The average Bonchev–Trinajstić information content (AvgIpc) is 2.75. The molecular formula is C24H21N3O2. The Bertz CT molecular complexity index is 1040. The minimum absolute atomic E-state index is 0.0140. The number of carbonyl (C=O) groups is 1. The molecule has 29 heavy (non-hydrogen) atoms. The third-order valence-corrected chi connectivity index (χ3v) is 4.08. The summed E-state index contributed by atoms with van der Waals surface area (Å²) in [5, 5.41) is 15.5. The molecule has 0 aliphatic rings. The molecule has 5 nitrogen and oxygen atoms in total. The number of benzene rings is 3. The van der Waals surface area contributed by atoms with Crippen LogP contribution in [0.4, 0.5) is 17.1 Å². The van der Waals surface area contributed by atoms with E-state index in [2.05, 4.69) is 10.6 Å². The lowest BCUT2D eigenvalue weighted by Gasteiger charge is -2.11. The summed E-state index contributed by atoms with van der Waals surface area (Å²) >= 11 is 0. The van der Waals surface area contributed by atoms with Crippen molar-refractivity contribution in [3.8, 4) is 11.8 Å². The molecule has 0 unspecified atom stereocenters.